The van der Waals surface area contributed by atoms with E-state index in [0.717, 1.165) is 11.4 Å². The van der Waals surface area contributed by atoms with Gasteiger partial charge in [0.15, 0.2) is 0 Å². The van der Waals surface area contributed by atoms with Crippen molar-refractivity contribution in [3.63, 3.8) is 0 Å². The van der Waals surface area contributed by atoms with Crippen LogP contribution in [0.5, 0.6) is 0 Å². The highest BCUT2D eigenvalue weighted by atomic mass is 35.5. The van der Waals surface area contributed by atoms with E-state index in [1.807, 2.05) is 29.6 Å². The highest BCUT2D eigenvalue weighted by Gasteiger charge is 2.09. The number of benzene rings is 1. The summed E-state index contributed by atoms with van der Waals surface area (Å²) < 4.78 is 2.06. The zero-order chi connectivity index (χ0) is 19.9. The maximum absolute atomic E-state index is 12.0. The van der Waals surface area contributed by atoms with Gasteiger partial charge in [-0.25, -0.2) is 0 Å². The molecule has 0 fully saturated rings. The van der Waals surface area contributed by atoms with Gasteiger partial charge in [-0.15, -0.1) is 11.3 Å². The Morgan fingerprint density at radius 3 is 2.71 bits per heavy atom. The third-order valence-corrected chi connectivity index (χ3v) is 5.05. The average molecular weight is 415 g/mol. The van der Waals surface area contributed by atoms with Crippen molar-refractivity contribution in [3.05, 3.63) is 86.3 Å². The molecule has 3 aromatic rings. The molecule has 0 aliphatic carbocycles. The van der Waals surface area contributed by atoms with Gasteiger partial charge in [-0.3, -0.25) is 24.5 Å². The zero-order valence-electron chi connectivity index (χ0n) is 14.6. The quantitative estimate of drug-likeness (QED) is 0.407. The number of aromatic nitrogens is 2. The first-order chi connectivity index (χ1) is 13.6. The van der Waals surface area contributed by atoms with Crippen LogP contribution in [-0.2, 0) is 0 Å². The SMILES string of the molecule is N=C/C(=C\[NH2+]c1ccc(-n2ccncc2=O)cc1)CNC(=O)c1ccc(Cl)s1. The maximum atomic E-state index is 12.0. The third-order valence-electron chi connectivity index (χ3n) is 3.82. The lowest BCUT2D eigenvalue weighted by Crippen LogP contribution is -2.71. The Morgan fingerprint density at radius 2 is 2.07 bits per heavy atom. The molecule has 2 aromatic heterocycles. The molecular formula is C19H17ClN5O2S+. The molecule has 0 spiro atoms. The van der Waals surface area contributed by atoms with Crippen LogP contribution in [0.3, 0.4) is 0 Å². The van der Waals surface area contributed by atoms with E-state index in [9.17, 15) is 9.59 Å². The van der Waals surface area contributed by atoms with Crippen LogP contribution < -0.4 is 16.2 Å². The van der Waals surface area contributed by atoms with E-state index in [1.165, 1.54) is 28.3 Å². The van der Waals surface area contributed by atoms with E-state index in [0.29, 0.717) is 14.8 Å². The van der Waals surface area contributed by atoms with E-state index in [2.05, 4.69) is 10.3 Å². The first kappa shape index (κ1) is 19.7. The Labute approximate surface area is 169 Å². The Morgan fingerprint density at radius 1 is 1.29 bits per heavy atom. The summed E-state index contributed by atoms with van der Waals surface area (Å²) in [5.41, 5.74) is 2.09. The van der Waals surface area contributed by atoms with Gasteiger partial charge in [0, 0.05) is 48.5 Å². The molecule has 7 nitrogen and oxygen atoms in total. The van der Waals surface area contributed by atoms with Gasteiger partial charge >= 0.3 is 0 Å². The Kier molecular flexibility index (Phi) is 6.49. The maximum Gasteiger partial charge on any atom is 0.273 e. The molecule has 0 bridgehead atoms. The summed E-state index contributed by atoms with van der Waals surface area (Å²) in [5.74, 6) is -0.225. The minimum absolute atomic E-state index is 0.201. The number of nitrogens with one attached hydrogen (secondary N) is 2. The van der Waals surface area contributed by atoms with Crippen LogP contribution in [0.4, 0.5) is 5.69 Å². The monoisotopic (exact) mass is 414 g/mol. The van der Waals surface area contributed by atoms with E-state index >= 15 is 0 Å². The zero-order valence-corrected chi connectivity index (χ0v) is 16.2. The van der Waals surface area contributed by atoms with Crippen LogP contribution in [0.2, 0.25) is 4.34 Å². The highest BCUT2D eigenvalue weighted by molar-refractivity contribution is 7.18. The van der Waals surface area contributed by atoms with Crippen molar-refractivity contribution in [2.24, 2.45) is 0 Å². The summed E-state index contributed by atoms with van der Waals surface area (Å²) in [7, 11) is 0. The van der Waals surface area contributed by atoms with Crippen molar-refractivity contribution in [2.45, 2.75) is 0 Å². The van der Waals surface area contributed by atoms with Crippen LogP contribution in [0, 0.1) is 5.41 Å². The van der Waals surface area contributed by atoms with Gasteiger partial charge in [0.2, 0.25) is 0 Å². The lowest BCUT2D eigenvalue weighted by Gasteiger charge is -2.05. The van der Waals surface area contributed by atoms with Crippen LogP contribution in [0.1, 0.15) is 9.67 Å². The van der Waals surface area contributed by atoms with Crippen molar-refractivity contribution < 1.29 is 10.1 Å². The number of rotatable bonds is 7. The average Bonchev–Trinajstić information content (AvgIpc) is 3.15. The highest BCUT2D eigenvalue weighted by Crippen LogP contribution is 2.21. The second kappa shape index (κ2) is 9.23. The molecule has 28 heavy (non-hydrogen) atoms. The Hall–Kier alpha value is -3.07. The summed E-state index contributed by atoms with van der Waals surface area (Å²) in [6.45, 7) is 0.235. The smallest absolute Gasteiger partial charge is 0.273 e. The van der Waals surface area contributed by atoms with Crippen LogP contribution in [0.25, 0.3) is 5.69 Å². The fourth-order valence-corrected chi connectivity index (χ4v) is 3.33. The first-order valence-corrected chi connectivity index (χ1v) is 9.47. The molecule has 142 valence electrons. The number of quaternary nitrogens is 1. The number of nitrogens with zero attached hydrogens (tertiary/aromatic N) is 2. The Balaban J connectivity index is 1.61. The molecule has 4 N–H and O–H groups in total. The summed E-state index contributed by atoms with van der Waals surface area (Å²) in [4.78, 5) is 28.2. The molecule has 9 heteroatoms. The van der Waals surface area contributed by atoms with E-state index < -0.39 is 0 Å². The number of carbonyl (C=O) groups excluding carboxylic acids is 1. The topological polar surface area (TPSA) is 104 Å². The van der Waals surface area contributed by atoms with Gasteiger partial charge in [0.25, 0.3) is 11.5 Å². The van der Waals surface area contributed by atoms with Gasteiger partial charge < -0.3 is 10.7 Å². The lowest BCUT2D eigenvalue weighted by atomic mass is 10.2. The fourth-order valence-electron chi connectivity index (χ4n) is 2.37. The lowest BCUT2D eigenvalue weighted by molar-refractivity contribution is -0.497. The van der Waals surface area contributed by atoms with E-state index in [-0.39, 0.29) is 18.0 Å². The predicted octanol–water partition coefficient (Wildman–Crippen LogP) is 2.11. The molecule has 3 rings (SSSR count). The third kappa shape index (κ3) is 5.01. The van der Waals surface area contributed by atoms with Crippen molar-refractivity contribution in [3.8, 4) is 5.69 Å². The molecule has 1 amide bonds. The number of nitrogens with two attached hydrogens (primary N) is 1. The van der Waals surface area contributed by atoms with Crippen molar-refractivity contribution in [2.75, 3.05) is 6.54 Å². The number of carbonyl (C=O) groups is 1. The predicted molar refractivity (Wildman–Crippen MR) is 110 cm³/mol. The van der Waals surface area contributed by atoms with Crippen molar-refractivity contribution in [1.29, 1.82) is 5.41 Å². The van der Waals surface area contributed by atoms with E-state index in [4.69, 9.17) is 17.0 Å². The number of hydrogen-bond acceptors (Lipinski definition) is 5. The van der Waals surface area contributed by atoms with Gasteiger partial charge in [-0.05, 0) is 24.3 Å². The normalized spacial score (nSPS) is 11.2. The first-order valence-electron chi connectivity index (χ1n) is 8.28. The molecule has 0 atom stereocenters. The van der Waals surface area contributed by atoms with Crippen LogP contribution in [-0.4, -0.2) is 28.2 Å². The van der Waals surface area contributed by atoms with Crippen LogP contribution in [0.15, 0.2) is 71.6 Å². The van der Waals surface area contributed by atoms with Crippen LogP contribution >= 0.6 is 22.9 Å². The van der Waals surface area contributed by atoms with Crippen molar-refractivity contribution in [1.82, 2.24) is 14.9 Å². The summed E-state index contributed by atoms with van der Waals surface area (Å²) in [6, 6.07) is 10.7. The minimum Gasteiger partial charge on any atom is -0.347 e. The van der Waals surface area contributed by atoms with Gasteiger partial charge in [0.1, 0.15) is 11.9 Å². The largest absolute Gasteiger partial charge is 0.347 e. The molecule has 0 unspecified atom stereocenters. The molecule has 0 aliphatic rings. The summed E-state index contributed by atoms with van der Waals surface area (Å²) in [5, 5.41) is 12.1. The molecule has 2 heterocycles. The van der Waals surface area contributed by atoms with Crippen molar-refractivity contribution >= 4 is 40.7 Å². The molecule has 0 saturated carbocycles. The number of amides is 1. The molecular weight excluding hydrogens is 398 g/mol. The number of hydrogen-bond donors (Lipinski definition) is 3. The molecule has 0 aliphatic heterocycles. The second-order valence-corrected chi connectivity index (χ2v) is 7.43. The number of thiophene rings is 1. The molecule has 0 saturated heterocycles. The number of halogens is 1. The van der Waals surface area contributed by atoms with Gasteiger partial charge in [0.05, 0.1) is 15.4 Å². The molecule has 0 radical (unpaired) electrons. The summed E-state index contributed by atoms with van der Waals surface area (Å²) >= 11 is 7.04. The standard InChI is InChI=1S/C19H16ClN5O2S/c20-17-6-5-16(28-17)19(27)24-11-13(9-21)10-23-14-1-3-15(4-2-14)25-8-7-22-12-18(25)26/h1-10,12,21,23H,11H2,(H,24,27)/p+1/b13-10+,21-9?. The van der Waals surface area contributed by atoms with Gasteiger partial charge in [-0.1, -0.05) is 11.6 Å². The Bertz CT molecular complexity index is 1070. The minimum atomic E-state index is -0.225. The molecule has 1 aromatic carbocycles. The summed E-state index contributed by atoms with van der Waals surface area (Å²) in [6.07, 6.45) is 7.39. The second-order valence-electron chi connectivity index (χ2n) is 5.72. The fraction of sp³-hybridized carbons (Fsp3) is 0.0526. The van der Waals surface area contributed by atoms with Gasteiger partial charge in [-0.2, -0.15) is 0 Å². The van der Waals surface area contributed by atoms with E-state index in [1.54, 1.807) is 30.7 Å².